The smallest absolute Gasteiger partial charge is 0.242 e. The molecule has 1 heterocycles. The molecule has 1 aliphatic carbocycles. The molecule has 23 heavy (non-hydrogen) atoms. The van der Waals surface area contributed by atoms with Gasteiger partial charge < -0.3 is 15.4 Å². The Morgan fingerprint density at radius 3 is 2.30 bits per heavy atom. The molecular formula is C17H31N3O3. The van der Waals surface area contributed by atoms with Crippen LogP contribution in [0, 0.1) is 11.8 Å². The first-order valence-electron chi connectivity index (χ1n) is 8.88. The van der Waals surface area contributed by atoms with Crippen LogP contribution in [0.5, 0.6) is 0 Å². The van der Waals surface area contributed by atoms with Crippen molar-refractivity contribution >= 4 is 11.8 Å². The van der Waals surface area contributed by atoms with Crippen molar-refractivity contribution in [1.82, 2.24) is 15.5 Å². The van der Waals surface area contributed by atoms with E-state index in [1.165, 1.54) is 0 Å². The van der Waals surface area contributed by atoms with Gasteiger partial charge in [0, 0.05) is 31.6 Å². The average molecular weight is 325 g/mol. The van der Waals surface area contributed by atoms with Crippen molar-refractivity contribution in [3.8, 4) is 0 Å². The van der Waals surface area contributed by atoms with Gasteiger partial charge in [0.15, 0.2) is 0 Å². The zero-order valence-electron chi connectivity index (χ0n) is 14.6. The first-order chi connectivity index (χ1) is 11.0. The van der Waals surface area contributed by atoms with E-state index in [4.69, 9.17) is 4.74 Å². The fourth-order valence-electron chi connectivity index (χ4n) is 2.86. The SMILES string of the molecule is CC(C)[C@H](CN1CCOCC1)NC(=O)[C@H](C)NC(=O)C1CCC1. The van der Waals surface area contributed by atoms with Gasteiger partial charge in [0.1, 0.15) is 6.04 Å². The fourth-order valence-corrected chi connectivity index (χ4v) is 2.86. The molecule has 6 nitrogen and oxygen atoms in total. The second-order valence-electron chi connectivity index (χ2n) is 7.13. The summed E-state index contributed by atoms with van der Waals surface area (Å²) in [5, 5.41) is 5.95. The maximum atomic E-state index is 12.4. The molecule has 0 spiro atoms. The van der Waals surface area contributed by atoms with E-state index in [0.29, 0.717) is 5.92 Å². The number of hydrogen-bond donors (Lipinski definition) is 2. The van der Waals surface area contributed by atoms with E-state index in [2.05, 4.69) is 29.4 Å². The van der Waals surface area contributed by atoms with Crippen molar-refractivity contribution in [3.05, 3.63) is 0 Å². The van der Waals surface area contributed by atoms with E-state index >= 15 is 0 Å². The number of nitrogens with zero attached hydrogens (tertiary/aromatic N) is 1. The van der Waals surface area contributed by atoms with Gasteiger partial charge in [-0.1, -0.05) is 20.3 Å². The molecule has 0 aromatic carbocycles. The lowest BCUT2D eigenvalue weighted by atomic mass is 9.84. The quantitative estimate of drug-likeness (QED) is 0.725. The molecule has 2 atom stereocenters. The molecule has 2 rings (SSSR count). The number of carbonyl (C=O) groups is 2. The molecule has 0 radical (unpaired) electrons. The third-order valence-electron chi connectivity index (χ3n) is 4.92. The van der Waals surface area contributed by atoms with E-state index in [9.17, 15) is 9.59 Å². The van der Waals surface area contributed by atoms with Crippen LogP contribution in [0.3, 0.4) is 0 Å². The number of nitrogens with one attached hydrogen (secondary N) is 2. The van der Waals surface area contributed by atoms with Gasteiger partial charge >= 0.3 is 0 Å². The van der Waals surface area contributed by atoms with Crippen LogP contribution < -0.4 is 10.6 Å². The highest BCUT2D eigenvalue weighted by molar-refractivity contribution is 5.88. The predicted octanol–water partition coefficient (Wildman–Crippen LogP) is 0.764. The highest BCUT2D eigenvalue weighted by Gasteiger charge is 2.29. The van der Waals surface area contributed by atoms with E-state index in [-0.39, 0.29) is 23.8 Å². The minimum absolute atomic E-state index is 0.0215. The van der Waals surface area contributed by atoms with Gasteiger partial charge in [0.25, 0.3) is 0 Å². The van der Waals surface area contributed by atoms with Gasteiger partial charge in [-0.25, -0.2) is 0 Å². The highest BCUT2D eigenvalue weighted by Crippen LogP contribution is 2.26. The molecule has 132 valence electrons. The molecule has 0 aromatic rings. The van der Waals surface area contributed by atoms with Crippen LogP contribution in [0.4, 0.5) is 0 Å². The van der Waals surface area contributed by atoms with Crippen LogP contribution >= 0.6 is 0 Å². The minimum atomic E-state index is -0.478. The molecule has 6 heteroatoms. The van der Waals surface area contributed by atoms with Crippen molar-refractivity contribution in [3.63, 3.8) is 0 Å². The van der Waals surface area contributed by atoms with Gasteiger partial charge in [-0.3, -0.25) is 14.5 Å². The molecule has 0 bridgehead atoms. The summed E-state index contributed by atoms with van der Waals surface area (Å²) < 4.78 is 5.37. The summed E-state index contributed by atoms with van der Waals surface area (Å²) in [5.74, 6) is 0.383. The topological polar surface area (TPSA) is 70.7 Å². The maximum Gasteiger partial charge on any atom is 0.242 e. The molecule has 0 aromatic heterocycles. The summed E-state index contributed by atoms with van der Waals surface area (Å²) in [6.45, 7) is 10.2. The van der Waals surface area contributed by atoms with Crippen molar-refractivity contribution in [1.29, 1.82) is 0 Å². The summed E-state index contributed by atoms with van der Waals surface area (Å²) in [6.07, 6.45) is 3.02. The Balaban J connectivity index is 1.79. The Hall–Kier alpha value is -1.14. The highest BCUT2D eigenvalue weighted by atomic mass is 16.5. The normalized spacial score (nSPS) is 22.3. The zero-order valence-corrected chi connectivity index (χ0v) is 14.6. The fraction of sp³-hybridized carbons (Fsp3) is 0.882. The number of morpholine rings is 1. The number of ether oxygens (including phenoxy) is 1. The lowest BCUT2D eigenvalue weighted by Crippen LogP contribution is -2.54. The molecule has 0 unspecified atom stereocenters. The van der Waals surface area contributed by atoms with Crippen molar-refractivity contribution in [2.75, 3.05) is 32.8 Å². The summed E-state index contributed by atoms with van der Waals surface area (Å²) in [4.78, 5) is 26.7. The Morgan fingerprint density at radius 2 is 1.78 bits per heavy atom. The van der Waals surface area contributed by atoms with Gasteiger partial charge in [-0.2, -0.15) is 0 Å². The average Bonchev–Trinajstić information content (AvgIpc) is 2.45. The summed E-state index contributed by atoms with van der Waals surface area (Å²) >= 11 is 0. The lowest BCUT2D eigenvalue weighted by molar-refractivity contribution is -0.132. The Kier molecular flexibility index (Phi) is 6.84. The molecule has 2 fully saturated rings. The molecule has 1 saturated heterocycles. The molecule has 2 aliphatic rings. The Bertz CT molecular complexity index is 404. The van der Waals surface area contributed by atoms with Crippen molar-refractivity contribution in [2.45, 2.75) is 52.1 Å². The van der Waals surface area contributed by atoms with Crippen LogP contribution in [0.15, 0.2) is 0 Å². The summed E-state index contributed by atoms with van der Waals surface area (Å²) in [5.41, 5.74) is 0. The van der Waals surface area contributed by atoms with E-state index in [1.54, 1.807) is 6.92 Å². The first kappa shape index (κ1) is 18.2. The second-order valence-corrected chi connectivity index (χ2v) is 7.13. The maximum absolute atomic E-state index is 12.4. The zero-order chi connectivity index (χ0) is 16.8. The Labute approximate surface area is 139 Å². The van der Waals surface area contributed by atoms with Crippen LogP contribution in [0.25, 0.3) is 0 Å². The molecule has 2 N–H and O–H groups in total. The molecule has 1 saturated carbocycles. The number of carbonyl (C=O) groups excluding carboxylic acids is 2. The van der Waals surface area contributed by atoms with Gasteiger partial charge in [-0.05, 0) is 25.7 Å². The number of amides is 2. The predicted molar refractivity (Wildman–Crippen MR) is 89.0 cm³/mol. The van der Waals surface area contributed by atoms with Crippen LogP contribution in [-0.2, 0) is 14.3 Å². The van der Waals surface area contributed by atoms with Crippen molar-refractivity contribution in [2.24, 2.45) is 11.8 Å². The lowest BCUT2D eigenvalue weighted by Gasteiger charge is -2.33. The number of rotatable bonds is 7. The van der Waals surface area contributed by atoms with Gasteiger partial charge in [-0.15, -0.1) is 0 Å². The molecular weight excluding hydrogens is 294 g/mol. The summed E-state index contributed by atoms with van der Waals surface area (Å²) in [6, 6.07) is -0.391. The summed E-state index contributed by atoms with van der Waals surface area (Å²) in [7, 11) is 0. The monoisotopic (exact) mass is 325 g/mol. The number of hydrogen-bond acceptors (Lipinski definition) is 4. The third kappa shape index (κ3) is 5.46. The third-order valence-corrected chi connectivity index (χ3v) is 4.92. The molecule has 2 amide bonds. The standard InChI is InChI=1S/C17H31N3O3/c1-12(2)15(11-20-7-9-23-10-8-20)19-16(21)13(3)18-17(22)14-5-4-6-14/h12-15H,4-11H2,1-3H3,(H,18,22)(H,19,21)/t13-,15-/m0/s1. The first-order valence-corrected chi connectivity index (χ1v) is 8.88. The van der Waals surface area contributed by atoms with E-state index in [0.717, 1.165) is 52.1 Å². The van der Waals surface area contributed by atoms with E-state index < -0.39 is 6.04 Å². The van der Waals surface area contributed by atoms with Crippen LogP contribution in [0.2, 0.25) is 0 Å². The Morgan fingerprint density at radius 1 is 1.13 bits per heavy atom. The minimum Gasteiger partial charge on any atom is -0.379 e. The van der Waals surface area contributed by atoms with Crippen LogP contribution in [-0.4, -0.2) is 61.6 Å². The van der Waals surface area contributed by atoms with Gasteiger partial charge in [0.2, 0.25) is 11.8 Å². The largest absolute Gasteiger partial charge is 0.379 e. The van der Waals surface area contributed by atoms with Gasteiger partial charge in [0.05, 0.1) is 13.2 Å². The van der Waals surface area contributed by atoms with Crippen molar-refractivity contribution < 1.29 is 14.3 Å². The second kappa shape index (κ2) is 8.64. The van der Waals surface area contributed by atoms with Crippen LogP contribution in [0.1, 0.15) is 40.0 Å². The van der Waals surface area contributed by atoms with E-state index in [1.807, 2.05) is 0 Å². The molecule has 1 aliphatic heterocycles.